The van der Waals surface area contributed by atoms with Gasteiger partial charge in [-0.2, -0.15) is 0 Å². The van der Waals surface area contributed by atoms with Crippen LogP contribution in [0, 0.1) is 23.7 Å². The van der Waals surface area contributed by atoms with Crippen molar-refractivity contribution in [2.75, 3.05) is 13.2 Å². The number of hydrogen-bond donors (Lipinski definition) is 0. The summed E-state index contributed by atoms with van der Waals surface area (Å²) < 4.78 is 11.8. The summed E-state index contributed by atoms with van der Waals surface area (Å²) in [4.78, 5) is 0. The Bertz CT molecular complexity index is 303. The summed E-state index contributed by atoms with van der Waals surface area (Å²) in [6, 6.07) is 0. The summed E-state index contributed by atoms with van der Waals surface area (Å²) >= 11 is 0. The van der Waals surface area contributed by atoms with Gasteiger partial charge in [0.2, 0.25) is 0 Å². The maximum Gasteiger partial charge on any atom is 0.174 e. The lowest BCUT2D eigenvalue weighted by Crippen LogP contribution is -2.60. The number of hydrogen-bond acceptors (Lipinski definition) is 2. The van der Waals surface area contributed by atoms with E-state index in [0.29, 0.717) is 11.8 Å². The summed E-state index contributed by atoms with van der Waals surface area (Å²) in [5.74, 6) is 2.86. The summed E-state index contributed by atoms with van der Waals surface area (Å²) in [5, 5.41) is 0. The van der Waals surface area contributed by atoms with Gasteiger partial charge in [0.25, 0.3) is 0 Å². The Labute approximate surface area is 84.3 Å². The van der Waals surface area contributed by atoms with Crippen molar-refractivity contribution in [3.63, 3.8) is 0 Å². The molecule has 4 atom stereocenters. The topological polar surface area (TPSA) is 18.5 Å². The molecule has 1 saturated heterocycles. The highest BCUT2D eigenvalue weighted by molar-refractivity contribution is 5.26. The minimum absolute atomic E-state index is 0.154. The van der Waals surface area contributed by atoms with Gasteiger partial charge in [-0.15, -0.1) is 0 Å². The molecule has 14 heavy (non-hydrogen) atoms. The van der Waals surface area contributed by atoms with Crippen LogP contribution < -0.4 is 0 Å². The van der Waals surface area contributed by atoms with E-state index in [0.717, 1.165) is 31.5 Å². The molecular formula is C12H16O2. The monoisotopic (exact) mass is 192 g/mol. The van der Waals surface area contributed by atoms with Gasteiger partial charge >= 0.3 is 0 Å². The largest absolute Gasteiger partial charge is 0.347 e. The van der Waals surface area contributed by atoms with Gasteiger partial charge in [0.05, 0.1) is 13.2 Å². The van der Waals surface area contributed by atoms with E-state index in [4.69, 9.17) is 9.47 Å². The predicted octanol–water partition coefficient (Wildman–Crippen LogP) is 1.96. The third-order valence-corrected chi connectivity index (χ3v) is 4.96. The average molecular weight is 192 g/mol. The van der Waals surface area contributed by atoms with Crippen molar-refractivity contribution in [2.24, 2.45) is 23.7 Å². The van der Waals surface area contributed by atoms with Crippen LogP contribution in [0.1, 0.15) is 19.3 Å². The van der Waals surface area contributed by atoms with E-state index < -0.39 is 0 Å². The van der Waals surface area contributed by atoms with Crippen LogP contribution in [0.5, 0.6) is 0 Å². The van der Waals surface area contributed by atoms with Gasteiger partial charge in [0.1, 0.15) is 0 Å². The molecule has 3 saturated carbocycles. The van der Waals surface area contributed by atoms with Gasteiger partial charge in [0, 0.05) is 11.8 Å². The molecule has 0 aromatic carbocycles. The van der Waals surface area contributed by atoms with E-state index >= 15 is 0 Å². The third kappa shape index (κ3) is 0.636. The molecule has 1 heterocycles. The SMILES string of the molecule is C=C1CC2C3C1CCC3C21OCCO1. The third-order valence-electron chi connectivity index (χ3n) is 4.96. The van der Waals surface area contributed by atoms with Crippen molar-refractivity contribution in [2.45, 2.75) is 25.0 Å². The Morgan fingerprint density at radius 3 is 2.71 bits per heavy atom. The van der Waals surface area contributed by atoms with Crippen LogP contribution in [-0.2, 0) is 9.47 Å². The molecule has 0 N–H and O–H groups in total. The summed E-state index contributed by atoms with van der Waals surface area (Å²) in [7, 11) is 0. The predicted molar refractivity (Wildman–Crippen MR) is 51.6 cm³/mol. The Morgan fingerprint density at radius 2 is 1.93 bits per heavy atom. The molecule has 0 bridgehead atoms. The van der Waals surface area contributed by atoms with Crippen molar-refractivity contribution in [1.82, 2.24) is 0 Å². The molecule has 4 unspecified atom stereocenters. The summed E-state index contributed by atoms with van der Waals surface area (Å²) in [5.41, 5.74) is 1.47. The first-order chi connectivity index (χ1) is 6.83. The molecule has 4 rings (SSSR count). The molecular weight excluding hydrogens is 176 g/mol. The molecule has 0 aromatic heterocycles. The van der Waals surface area contributed by atoms with E-state index in [1.165, 1.54) is 18.4 Å². The zero-order valence-electron chi connectivity index (χ0n) is 8.37. The van der Waals surface area contributed by atoms with E-state index in [-0.39, 0.29) is 5.79 Å². The maximum atomic E-state index is 5.91. The second-order valence-corrected chi connectivity index (χ2v) is 5.25. The fourth-order valence-corrected chi connectivity index (χ4v) is 4.54. The summed E-state index contributed by atoms with van der Waals surface area (Å²) in [6.07, 6.45) is 3.79. The first-order valence-electron chi connectivity index (χ1n) is 5.78. The highest BCUT2D eigenvalue weighted by Crippen LogP contribution is 2.70. The lowest BCUT2D eigenvalue weighted by Gasteiger charge is -2.53. The minimum atomic E-state index is -0.154. The zero-order valence-corrected chi connectivity index (χ0v) is 8.37. The Balaban J connectivity index is 1.76. The highest BCUT2D eigenvalue weighted by atomic mass is 16.7. The molecule has 4 aliphatic rings. The van der Waals surface area contributed by atoms with Crippen molar-refractivity contribution >= 4 is 0 Å². The van der Waals surface area contributed by atoms with E-state index in [9.17, 15) is 0 Å². The lowest BCUT2D eigenvalue weighted by molar-refractivity contribution is -0.307. The van der Waals surface area contributed by atoms with Crippen LogP contribution in [0.4, 0.5) is 0 Å². The molecule has 1 aliphatic heterocycles. The van der Waals surface area contributed by atoms with E-state index in [1.807, 2.05) is 0 Å². The number of ether oxygens (including phenoxy) is 2. The molecule has 3 aliphatic carbocycles. The molecule has 1 spiro atoms. The van der Waals surface area contributed by atoms with E-state index in [2.05, 4.69) is 6.58 Å². The second kappa shape index (κ2) is 2.25. The molecule has 2 heteroatoms. The smallest absolute Gasteiger partial charge is 0.174 e. The number of fused-ring (bicyclic) bond motifs is 2. The summed E-state index contributed by atoms with van der Waals surface area (Å²) in [6.45, 7) is 5.82. The van der Waals surface area contributed by atoms with Crippen LogP contribution in [-0.4, -0.2) is 19.0 Å². The normalized spacial score (nSPS) is 52.4. The van der Waals surface area contributed by atoms with Crippen molar-refractivity contribution < 1.29 is 9.47 Å². The second-order valence-electron chi connectivity index (χ2n) is 5.25. The van der Waals surface area contributed by atoms with Crippen LogP contribution in [0.3, 0.4) is 0 Å². The molecule has 0 amide bonds. The number of allylic oxidation sites excluding steroid dienone is 1. The van der Waals surface area contributed by atoms with Gasteiger partial charge < -0.3 is 9.47 Å². The van der Waals surface area contributed by atoms with Gasteiger partial charge in [-0.3, -0.25) is 0 Å². The Morgan fingerprint density at radius 1 is 1.14 bits per heavy atom. The van der Waals surface area contributed by atoms with Crippen LogP contribution >= 0.6 is 0 Å². The molecule has 76 valence electrons. The van der Waals surface area contributed by atoms with Gasteiger partial charge in [-0.25, -0.2) is 0 Å². The van der Waals surface area contributed by atoms with Crippen molar-refractivity contribution in [3.8, 4) is 0 Å². The van der Waals surface area contributed by atoms with Crippen LogP contribution in [0.15, 0.2) is 12.2 Å². The van der Waals surface area contributed by atoms with E-state index in [1.54, 1.807) is 0 Å². The van der Waals surface area contributed by atoms with Crippen molar-refractivity contribution in [3.05, 3.63) is 12.2 Å². The average Bonchev–Trinajstić information content (AvgIpc) is 2.80. The van der Waals surface area contributed by atoms with Gasteiger partial charge in [-0.1, -0.05) is 12.2 Å². The Hall–Kier alpha value is -0.340. The fraction of sp³-hybridized carbons (Fsp3) is 0.833. The lowest BCUT2D eigenvalue weighted by atomic mass is 9.62. The zero-order chi connectivity index (χ0) is 9.34. The number of rotatable bonds is 0. The molecule has 0 aromatic rings. The molecule has 4 fully saturated rings. The quantitative estimate of drug-likeness (QED) is 0.546. The minimum Gasteiger partial charge on any atom is -0.347 e. The maximum absolute atomic E-state index is 5.91. The highest BCUT2D eigenvalue weighted by Gasteiger charge is 2.72. The van der Waals surface area contributed by atoms with Crippen LogP contribution in [0.25, 0.3) is 0 Å². The molecule has 0 radical (unpaired) electrons. The first-order valence-corrected chi connectivity index (χ1v) is 5.78. The van der Waals surface area contributed by atoms with Crippen LogP contribution in [0.2, 0.25) is 0 Å². The fourth-order valence-electron chi connectivity index (χ4n) is 4.54. The standard InChI is InChI=1S/C12H16O2/c1-7-6-10-11-8(7)2-3-9(11)12(10)13-4-5-14-12/h8-11H,1-6H2. The van der Waals surface area contributed by atoms with Gasteiger partial charge in [0.15, 0.2) is 5.79 Å². The Kier molecular flexibility index (Phi) is 1.27. The molecule has 2 nitrogen and oxygen atoms in total. The van der Waals surface area contributed by atoms with Gasteiger partial charge in [-0.05, 0) is 31.1 Å². The first kappa shape index (κ1) is 7.89. The van der Waals surface area contributed by atoms with Crippen molar-refractivity contribution in [1.29, 1.82) is 0 Å².